The summed E-state index contributed by atoms with van der Waals surface area (Å²) in [6, 6.07) is -2.21. The van der Waals surface area contributed by atoms with Crippen LogP contribution in [0.4, 0.5) is 15.8 Å². The van der Waals surface area contributed by atoms with Crippen LogP contribution in [-0.4, -0.2) is 12.0 Å². The fourth-order valence-electron chi connectivity index (χ4n) is 0.672. The molecule has 0 amide bonds. The van der Waals surface area contributed by atoms with Crippen LogP contribution in [0.1, 0.15) is 6.85 Å². The minimum atomic E-state index is -3.01. The molecule has 5 nitrogen and oxygen atoms in total. The Bertz CT molecular complexity index is 490. The molecule has 1 aromatic carbocycles. The van der Waals surface area contributed by atoms with Crippen molar-refractivity contribution in [3.8, 4) is 5.75 Å². The van der Waals surface area contributed by atoms with Crippen LogP contribution < -0.4 is 10.5 Å². The van der Waals surface area contributed by atoms with Crippen LogP contribution in [0.3, 0.4) is 0 Å². The molecule has 70 valence electrons. The summed E-state index contributed by atoms with van der Waals surface area (Å²) in [5.74, 6) is -2.58. The fourth-order valence-corrected chi connectivity index (χ4v) is 0.672. The van der Waals surface area contributed by atoms with Gasteiger partial charge < -0.3 is 10.5 Å². The number of halogens is 1. The van der Waals surface area contributed by atoms with Gasteiger partial charge in [-0.1, -0.05) is 0 Å². The second-order valence-corrected chi connectivity index (χ2v) is 2.01. The van der Waals surface area contributed by atoms with Crippen molar-refractivity contribution in [2.75, 3.05) is 12.8 Å². The maximum absolute atomic E-state index is 13.5. The van der Waals surface area contributed by atoms with Crippen molar-refractivity contribution < 1.29 is 20.9 Å². The molecule has 13 heavy (non-hydrogen) atoms. The number of benzene rings is 1. The Balaban J connectivity index is 3.54. The third-order valence-electron chi connectivity index (χ3n) is 1.21. The number of anilines is 1. The van der Waals surface area contributed by atoms with Gasteiger partial charge in [-0.25, -0.2) is 0 Å². The van der Waals surface area contributed by atoms with Crippen LogP contribution in [0.25, 0.3) is 0 Å². The standard InChI is InChI=1S/C7H7FN2O3/c1-13-7-2-4(8)6(10(11)12)3-5(7)9/h2-3H,9H2,1H3/i1D3,2D,3D. The molecule has 0 fully saturated rings. The van der Waals surface area contributed by atoms with Gasteiger partial charge in [-0.05, 0) is 0 Å². The van der Waals surface area contributed by atoms with Crippen molar-refractivity contribution in [3.05, 3.63) is 28.0 Å². The molecule has 1 rings (SSSR count). The highest BCUT2D eigenvalue weighted by Crippen LogP contribution is 2.28. The van der Waals surface area contributed by atoms with E-state index in [4.69, 9.17) is 12.6 Å². The molecule has 0 bridgehead atoms. The molecule has 0 aliphatic rings. The van der Waals surface area contributed by atoms with Crippen molar-refractivity contribution in [1.82, 2.24) is 0 Å². The molecule has 0 heterocycles. The fraction of sp³-hybridized carbons (Fsp3) is 0.143. The summed E-state index contributed by atoms with van der Waals surface area (Å²) in [5, 5.41) is 10.5. The Morgan fingerprint density at radius 1 is 1.85 bits per heavy atom. The van der Waals surface area contributed by atoms with Gasteiger partial charge in [0.15, 0.2) is 0 Å². The highest BCUT2D eigenvalue weighted by Gasteiger charge is 2.16. The zero-order valence-electron chi connectivity index (χ0n) is 11.1. The summed E-state index contributed by atoms with van der Waals surface area (Å²) in [5.41, 5.74) is 3.17. The molecule has 0 atom stereocenters. The molecule has 0 aliphatic carbocycles. The first kappa shape index (κ1) is 4.40. The summed E-state index contributed by atoms with van der Waals surface area (Å²) in [6.45, 7) is 0. The Labute approximate surface area is 80.1 Å². The molecule has 0 spiro atoms. The minimum absolute atomic E-state index is 0.774. The average Bonchev–Trinajstić information content (AvgIpc) is 2.20. The van der Waals surface area contributed by atoms with Crippen molar-refractivity contribution >= 4 is 11.4 Å². The first-order valence-electron chi connectivity index (χ1n) is 5.47. The largest absolute Gasteiger partial charge is 0.494 e. The van der Waals surface area contributed by atoms with Crippen LogP contribution in [0.15, 0.2) is 12.1 Å². The Kier molecular flexibility index (Phi) is 1.10. The van der Waals surface area contributed by atoms with Gasteiger partial charge in [0, 0.05) is 12.1 Å². The molecule has 0 radical (unpaired) electrons. The second-order valence-electron chi connectivity index (χ2n) is 2.01. The SMILES string of the molecule is [2H]c1c(F)c([N+](=O)[O-])c([2H])c(N)c1OC([2H])([2H])[2H]. The molecule has 0 saturated heterocycles. The van der Waals surface area contributed by atoms with Crippen LogP contribution in [-0.2, 0) is 0 Å². The van der Waals surface area contributed by atoms with Gasteiger partial charge in [0.1, 0.15) is 5.75 Å². The number of methoxy groups -OCH3 is 1. The van der Waals surface area contributed by atoms with Gasteiger partial charge in [0.2, 0.25) is 5.82 Å². The van der Waals surface area contributed by atoms with Crippen molar-refractivity contribution in [2.45, 2.75) is 0 Å². The molecule has 1 aromatic rings. The zero-order chi connectivity index (χ0) is 14.2. The van der Waals surface area contributed by atoms with Gasteiger partial charge in [0.05, 0.1) is 24.5 Å². The maximum atomic E-state index is 13.5. The van der Waals surface area contributed by atoms with E-state index in [0.29, 0.717) is 0 Å². The third kappa shape index (κ3) is 1.66. The number of nitro benzene ring substituents is 1. The maximum Gasteiger partial charge on any atom is 0.307 e. The number of nitro groups is 1. The zero-order valence-corrected chi connectivity index (χ0v) is 6.13. The van der Waals surface area contributed by atoms with E-state index < -0.39 is 47.0 Å². The van der Waals surface area contributed by atoms with Crippen LogP contribution in [0, 0.1) is 15.9 Å². The van der Waals surface area contributed by atoms with Crippen molar-refractivity contribution in [2.24, 2.45) is 0 Å². The molecule has 0 unspecified atom stereocenters. The minimum Gasteiger partial charge on any atom is -0.494 e. The lowest BCUT2D eigenvalue weighted by Crippen LogP contribution is -1.98. The quantitative estimate of drug-likeness (QED) is 0.434. The lowest BCUT2D eigenvalue weighted by atomic mass is 10.2. The van der Waals surface area contributed by atoms with E-state index in [1.165, 1.54) is 0 Å². The first-order valence-corrected chi connectivity index (χ1v) is 2.97. The van der Waals surface area contributed by atoms with E-state index >= 15 is 0 Å². The smallest absolute Gasteiger partial charge is 0.307 e. The van der Waals surface area contributed by atoms with Gasteiger partial charge in [-0.3, -0.25) is 10.1 Å². The summed E-state index contributed by atoms with van der Waals surface area (Å²) in [4.78, 5) is 9.28. The van der Waals surface area contributed by atoms with E-state index in [0.717, 1.165) is 0 Å². The highest BCUT2D eigenvalue weighted by atomic mass is 19.1. The number of ether oxygens (including phenoxy) is 1. The molecule has 6 heteroatoms. The summed E-state index contributed by atoms with van der Waals surface area (Å²) >= 11 is 0. The van der Waals surface area contributed by atoms with E-state index in [9.17, 15) is 14.5 Å². The van der Waals surface area contributed by atoms with Gasteiger partial charge in [-0.2, -0.15) is 4.39 Å². The molecule has 0 aliphatic heterocycles. The van der Waals surface area contributed by atoms with E-state index in [1.54, 1.807) is 0 Å². The Hall–Kier alpha value is -1.85. The predicted octanol–water partition coefficient (Wildman–Crippen LogP) is 1.32. The lowest BCUT2D eigenvalue weighted by molar-refractivity contribution is -0.387. The van der Waals surface area contributed by atoms with Crippen LogP contribution in [0.2, 0.25) is 0 Å². The Morgan fingerprint density at radius 2 is 2.54 bits per heavy atom. The molecular formula is C7H7FN2O3. The normalized spacial score (nSPS) is 16.2. The number of hydrogen-bond donors (Lipinski definition) is 1. The number of hydrogen-bond acceptors (Lipinski definition) is 4. The number of rotatable bonds is 2. The van der Waals surface area contributed by atoms with Crippen molar-refractivity contribution in [3.63, 3.8) is 0 Å². The van der Waals surface area contributed by atoms with Crippen LogP contribution >= 0.6 is 0 Å². The molecule has 0 saturated carbocycles. The summed E-state index contributed by atoms with van der Waals surface area (Å²) in [6.07, 6.45) is 0. The lowest BCUT2D eigenvalue weighted by Gasteiger charge is -2.03. The monoisotopic (exact) mass is 191 g/mol. The van der Waals surface area contributed by atoms with E-state index in [-0.39, 0.29) is 0 Å². The molecular weight excluding hydrogens is 179 g/mol. The summed E-state index contributed by atoms with van der Waals surface area (Å²) in [7, 11) is -3.01. The van der Waals surface area contributed by atoms with E-state index in [1.807, 2.05) is 0 Å². The second kappa shape index (κ2) is 3.26. The topological polar surface area (TPSA) is 78.4 Å². The Morgan fingerprint density at radius 3 is 3.08 bits per heavy atom. The summed E-state index contributed by atoms with van der Waals surface area (Å²) < 4.78 is 52.6. The number of nitrogens with zero attached hydrogens (tertiary/aromatic N) is 1. The van der Waals surface area contributed by atoms with E-state index in [2.05, 4.69) is 4.74 Å². The van der Waals surface area contributed by atoms with Gasteiger partial charge >= 0.3 is 5.69 Å². The van der Waals surface area contributed by atoms with Crippen LogP contribution in [0.5, 0.6) is 5.75 Å². The molecule has 2 N–H and O–H groups in total. The first-order chi connectivity index (χ1) is 8.06. The third-order valence-corrected chi connectivity index (χ3v) is 1.21. The average molecular weight is 191 g/mol. The number of nitrogens with two attached hydrogens (primary N) is 1. The van der Waals surface area contributed by atoms with Gasteiger partial charge in [-0.15, -0.1) is 0 Å². The molecule has 0 aromatic heterocycles. The predicted molar refractivity (Wildman–Crippen MR) is 44.0 cm³/mol. The van der Waals surface area contributed by atoms with Crippen molar-refractivity contribution in [1.29, 1.82) is 0 Å². The number of nitrogen functional groups attached to an aromatic ring is 1. The highest BCUT2D eigenvalue weighted by molar-refractivity contribution is 5.58. The van der Waals surface area contributed by atoms with Gasteiger partial charge in [0.25, 0.3) is 0 Å².